The predicted octanol–water partition coefficient (Wildman–Crippen LogP) is 3.67. The van der Waals surface area contributed by atoms with Crippen LogP contribution < -0.4 is 4.74 Å². The van der Waals surface area contributed by atoms with Crippen LogP contribution in [0.25, 0.3) is 10.9 Å². The molecule has 0 aliphatic heterocycles. The third kappa shape index (κ3) is 3.01. The van der Waals surface area contributed by atoms with Crippen LogP contribution in [0.15, 0.2) is 12.1 Å². The van der Waals surface area contributed by atoms with E-state index >= 15 is 0 Å². The maximum Gasteiger partial charge on any atom is 0.309 e. The molecule has 0 saturated carbocycles. The van der Waals surface area contributed by atoms with Crippen LogP contribution in [0.2, 0.25) is 0 Å². The maximum absolute atomic E-state index is 13.4. The number of fused-ring (bicyclic) bond motifs is 1. The lowest BCUT2D eigenvalue weighted by molar-refractivity contribution is -0.132. The zero-order valence-corrected chi connectivity index (χ0v) is 16.7. The van der Waals surface area contributed by atoms with Gasteiger partial charge in [0.25, 0.3) is 0 Å². The number of ketones is 1. The average Bonchev–Trinajstić information content (AvgIpc) is 2.85. The third-order valence-corrected chi connectivity index (χ3v) is 5.03. The molecule has 2 aromatic heterocycles. The Kier molecular flexibility index (Phi) is 4.59. The van der Waals surface area contributed by atoms with Gasteiger partial charge in [0.1, 0.15) is 5.56 Å². The number of carbonyl (C=O) groups excluding carboxylic acids is 2. The number of aromatic nitrogens is 3. The van der Waals surface area contributed by atoms with Crippen LogP contribution in [-0.4, -0.2) is 26.5 Å². The van der Waals surface area contributed by atoms with E-state index in [0.29, 0.717) is 16.8 Å². The smallest absolute Gasteiger partial charge is 0.309 e. The Bertz CT molecular complexity index is 1110. The SMILES string of the molecule is CC(=O)Oc1c(C(=O)c2ccc(C)c3c(C)c(C)c(C)nc23)c(C)nn1C. The zero-order chi connectivity index (χ0) is 20.0. The van der Waals surface area contributed by atoms with E-state index in [2.05, 4.69) is 5.10 Å². The van der Waals surface area contributed by atoms with Crippen LogP contribution in [0, 0.1) is 34.6 Å². The van der Waals surface area contributed by atoms with Gasteiger partial charge in [-0.25, -0.2) is 4.68 Å². The first kappa shape index (κ1) is 18.8. The van der Waals surface area contributed by atoms with Crippen molar-refractivity contribution >= 4 is 22.7 Å². The minimum Gasteiger partial charge on any atom is -0.407 e. The topological polar surface area (TPSA) is 74.1 Å². The Hall–Kier alpha value is -3.02. The van der Waals surface area contributed by atoms with Crippen molar-refractivity contribution < 1.29 is 14.3 Å². The number of benzene rings is 1. The van der Waals surface area contributed by atoms with Gasteiger partial charge in [-0.1, -0.05) is 6.07 Å². The molecule has 0 spiro atoms. The van der Waals surface area contributed by atoms with Crippen LogP contribution in [0.5, 0.6) is 5.88 Å². The minimum absolute atomic E-state index is 0.152. The Balaban J connectivity index is 2.30. The predicted molar refractivity (Wildman–Crippen MR) is 103 cm³/mol. The Labute approximate surface area is 158 Å². The monoisotopic (exact) mass is 365 g/mol. The van der Waals surface area contributed by atoms with Crippen molar-refractivity contribution in [2.75, 3.05) is 0 Å². The van der Waals surface area contributed by atoms with Crippen molar-refractivity contribution in [1.82, 2.24) is 14.8 Å². The zero-order valence-electron chi connectivity index (χ0n) is 16.7. The van der Waals surface area contributed by atoms with E-state index in [9.17, 15) is 9.59 Å². The van der Waals surface area contributed by atoms with Gasteiger partial charge in [-0.3, -0.25) is 14.6 Å². The van der Waals surface area contributed by atoms with Crippen molar-refractivity contribution in [2.24, 2.45) is 7.05 Å². The fourth-order valence-electron chi connectivity index (χ4n) is 3.46. The summed E-state index contributed by atoms with van der Waals surface area (Å²) in [5.41, 5.74) is 6.13. The van der Waals surface area contributed by atoms with Gasteiger partial charge in [-0.05, 0) is 57.4 Å². The van der Waals surface area contributed by atoms with Gasteiger partial charge in [0.15, 0.2) is 0 Å². The summed E-state index contributed by atoms with van der Waals surface area (Å²) in [6.07, 6.45) is 0. The first-order valence-electron chi connectivity index (χ1n) is 8.77. The summed E-state index contributed by atoms with van der Waals surface area (Å²) in [4.78, 5) is 29.6. The second kappa shape index (κ2) is 6.61. The number of hydrogen-bond acceptors (Lipinski definition) is 5. The van der Waals surface area contributed by atoms with Gasteiger partial charge in [-0.15, -0.1) is 0 Å². The van der Waals surface area contributed by atoms with Crippen LogP contribution in [0.4, 0.5) is 0 Å². The third-order valence-electron chi connectivity index (χ3n) is 5.03. The number of esters is 1. The molecule has 27 heavy (non-hydrogen) atoms. The second-order valence-electron chi connectivity index (χ2n) is 6.91. The highest BCUT2D eigenvalue weighted by Gasteiger charge is 2.26. The number of rotatable bonds is 3. The van der Waals surface area contributed by atoms with E-state index in [0.717, 1.165) is 27.8 Å². The number of nitrogens with zero attached hydrogens (tertiary/aromatic N) is 3. The van der Waals surface area contributed by atoms with Gasteiger partial charge in [0.2, 0.25) is 11.7 Å². The van der Waals surface area contributed by atoms with Crippen LogP contribution in [-0.2, 0) is 11.8 Å². The van der Waals surface area contributed by atoms with Crippen LogP contribution in [0.3, 0.4) is 0 Å². The summed E-state index contributed by atoms with van der Waals surface area (Å²) in [6.45, 7) is 11.1. The Morgan fingerprint density at radius 1 is 1.00 bits per heavy atom. The summed E-state index contributed by atoms with van der Waals surface area (Å²) in [6, 6.07) is 3.71. The first-order chi connectivity index (χ1) is 12.6. The molecule has 0 amide bonds. The largest absolute Gasteiger partial charge is 0.407 e. The van der Waals surface area contributed by atoms with E-state index in [1.165, 1.54) is 11.6 Å². The lowest BCUT2D eigenvalue weighted by Gasteiger charge is -2.14. The highest BCUT2D eigenvalue weighted by Crippen LogP contribution is 2.31. The molecule has 0 fully saturated rings. The molecule has 0 aliphatic rings. The first-order valence-corrected chi connectivity index (χ1v) is 8.77. The number of aryl methyl sites for hydroxylation is 5. The molecule has 1 aromatic carbocycles. The number of ether oxygens (including phenoxy) is 1. The number of hydrogen-bond donors (Lipinski definition) is 0. The minimum atomic E-state index is -0.499. The quantitative estimate of drug-likeness (QED) is 0.523. The summed E-state index contributed by atoms with van der Waals surface area (Å²) < 4.78 is 6.67. The fraction of sp³-hybridized carbons (Fsp3) is 0.333. The summed E-state index contributed by atoms with van der Waals surface area (Å²) in [5.74, 6) is -0.600. The van der Waals surface area contributed by atoms with Crippen molar-refractivity contribution in [1.29, 1.82) is 0 Å². The molecule has 3 rings (SSSR count). The van der Waals surface area contributed by atoms with Gasteiger partial charge in [0.05, 0.1) is 11.2 Å². The normalized spacial score (nSPS) is 11.1. The lowest BCUT2D eigenvalue weighted by Crippen LogP contribution is -2.11. The standard InChI is InChI=1S/C21H23N3O3/c1-10-8-9-16(19-17(10)12(3)11(2)13(4)22-19)20(26)18-14(5)23-24(7)21(18)27-15(6)25/h8-9H,1-7H3. The molecule has 0 saturated heterocycles. The van der Waals surface area contributed by atoms with E-state index in [1.807, 2.05) is 33.8 Å². The molecular weight excluding hydrogens is 342 g/mol. The van der Waals surface area contributed by atoms with Crippen molar-refractivity contribution in [3.8, 4) is 5.88 Å². The molecular formula is C21H23N3O3. The fourth-order valence-corrected chi connectivity index (χ4v) is 3.46. The molecule has 140 valence electrons. The van der Waals surface area contributed by atoms with E-state index in [1.54, 1.807) is 20.0 Å². The maximum atomic E-state index is 13.4. The molecule has 6 heteroatoms. The molecule has 0 N–H and O–H groups in total. The average molecular weight is 365 g/mol. The van der Waals surface area contributed by atoms with Gasteiger partial charge in [0, 0.05) is 30.6 Å². The summed E-state index contributed by atoms with van der Waals surface area (Å²) in [7, 11) is 1.64. The van der Waals surface area contributed by atoms with Gasteiger partial charge >= 0.3 is 5.97 Å². The van der Waals surface area contributed by atoms with Gasteiger partial charge < -0.3 is 4.74 Å². The lowest BCUT2D eigenvalue weighted by atomic mass is 9.93. The molecule has 0 unspecified atom stereocenters. The number of pyridine rings is 1. The molecule has 0 radical (unpaired) electrons. The van der Waals surface area contributed by atoms with Crippen LogP contribution in [0.1, 0.15) is 50.9 Å². The van der Waals surface area contributed by atoms with E-state index in [-0.39, 0.29) is 17.2 Å². The van der Waals surface area contributed by atoms with E-state index < -0.39 is 5.97 Å². The second-order valence-corrected chi connectivity index (χ2v) is 6.91. The molecule has 6 nitrogen and oxygen atoms in total. The Morgan fingerprint density at radius 2 is 1.67 bits per heavy atom. The van der Waals surface area contributed by atoms with Crippen molar-refractivity contribution in [3.05, 3.63) is 51.3 Å². The van der Waals surface area contributed by atoms with E-state index in [4.69, 9.17) is 9.72 Å². The van der Waals surface area contributed by atoms with Crippen molar-refractivity contribution in [2.45, 2.75) is 41.5 Å². The molecule has 0 bridgehead atoms. The van der Waals surface area contributed by atoms with Crippen LogP contribution >= 0.6 is 0 Å². The molecule has 0 atom stereocenters. The highest BCUT2D eigenvalue weighted by atomic mass is 16.5. The molecule has 2 heterocycles. The highest BCUT2D eigenvalue weighted by molar-refractivity contribution is 6.18. The number of carbonyl (C=O) groups is 2. The van der Waals surface area contributed by atoms with Crippen molar-refractivity contribution in [3.63, 3.8) is 0 Å². The van der Waals surface area contributed by atoms with Gasteiger partial charge in [-0.2, -0.15) is 5.10 Å². The summed E-state index contributed by atoms with van der Waals surface area (Å²) >= 11 is 0. The Morgan fingerprint density at radius 3 is 2.30 bits per heavy atom. The summed E-state index contributed by atoms with van der Waals surface area (Å²) in [5, 5.41) is 5.24. The molecule has 0 aliphatic carbocycles. The molecule has 3 aromatic rings.